The Bertz CT molecular complexity index is 1380. The van der Waals surface area contributed by atoms with E-state index < -0.39 is 6.10 Å². The summed E-state index contributed by atoms with van der Waals surface area (Å²) in [5.41, 5.74) is 0. The molecule has 0 radical (unpaired) electrons. The van der Waals surface area contributed by atoms with E-state index in [1.54, 1.807) is 0 Å². The highest BCUT2D eigenvalue weighted by Crippen LogP contribution is 2.15. The number of esters is 3. The van der Waals surface area contributed by atoms with Crippen molar-refractivity contribution in [3.63, 3.8) is 0 Å². The number of ether oxygens (including phenoxy) is 3. The first-order chi connectivity index (χ1) is 34.0. The highest BCUT2D eigenvalue weighted by atomic mass is 16.6. The van der Waals surface area contributed by atoms with Crippen LogP contribution >= 0.6 is 0 Å². The van der Waals surface area contributed by atoms with Gasteiger partial charge < -0.3 is 14.2 Å². The molecule has 0 heterocycles. The molecule has 6 nitrogen and oxygen atoms in total. The second-order valence-electron chi connectivity index (χ2n) is 19.0. The largest absolute Gasteiger partial charge is 0.462 e. The van der Waals surface area contributed by atoms with Gasteiger partial charge in [-0.25, -0.2) is 0 Å². The number of rotatable bonds is 51. The van der Waals surface area contributed by atoms with Crippen molar-refractivity contribution < 1.29 is 28.6 Å². The lowest BCUT2D eigenvalue weighted by molar-refractivity contribution is -0.167. The Morgan fingerprint density at radius 2 is 0.565 bits per heavy atom. The van der Waals surface area contributed by atoms with Gasteiger partial charge in [-0.15, -0.1) is 0 Å². The van der Waals surface area contributed by atoms with Crippen molar-refractivity contribution in [3.05, 3.63) is 97.2 Å². The molecule has 0 aliphatic carbocycles. The Balaban J connectivity index is 4.48. The molecule has 0 fully saturated rings. The smallest absolute Gasteiger partial charge is 0.306 e. The fraction of sp³-hybridized carbons (Fsp3) is 0.698. The van der Waals surface area contributed by atoms with E-state index in [0.717, 1.165) is 103 Å². The third kappa shape index (κ3) is 55.1. The van der Waals surface area contributed by atoms with E-state index in [9.17, 15) is 14.4 Å². The first kappa shape index (κ1) is 65.3. The fourth-order valence-electron chi connectivity index (χ4n) is 7.81. The lowest BCUT2D eigenvalue weighted by Crippen LogP contribution is -2.30. The summed E-state index contributed by atoms with van der Waals surface area (Å²) in [5.74, 6) is -0.937. The molecular formula is C63H106O6. The normalized spacial score (nSPS) is 12.8. The molecule has 0 aliphatic rings. The van der Waals surface area contributed by atoms with Gasteiger partial charge in [0.15, 0.2) is 6.10 Å². The quantitative estimate of drug-likeness (QED) is 0.0199. The molecule has 0 aromatic heterocycles. The lowest BCUT2D eigenvalue weighted by Gasteiger charge is -2.18. The molecule has 0 aliphatic heterocycles. The topological polar surface area (TPSA) is 78.9 Å². The third-order valence-corrected chi connectivity index (χ3v) is 12.2. The summed E-state index contributed by atoms with van der Waals surface area (Å²) in [6.07, 6.45) is 75.3. The molecule has 0 rings (SSSR count). The lowest BCUT2D eigenvalue weighted by atomic mass is 10.1. The summed E-state index contributed by atoms with van der Waals surface area (Å²) in [7, 11) is 0. The minimum absolute atomic E-state index is 0.0960. The maximum atomic E-state index is 12.9. The first-order valence-electron chi connectivity index (χ1n) is 28.8. The molecule has 0 bridgehead atoms. The number of hydrogen-bond acceptors (Lipinski definition) is 6. The second kappa shape index (κ2) is 56.9. The van der Waals surface area contributed by atoms with E-state index in [1.165, 1.54) is 122 Å². The molecular weight excluding hydrogens is 853 g/mol. The van der Waals surface area contributed by atoms with Crippen LogP contribution in [0.4, 0.5) is 0 Å². The average Bonchev–Trinajstić information content (AvgIpc) is 3.35. The van der Waals surface area contributed by atoms with Gasteiger partial charge in [-0.3, -0.25) is 14.4 Å². The highest BCUT2D eigenvalue weighted by molar-refractivity contribution is 5.71. The maximum Gasteiger partial charge on any atom is 0.306 e. The van der Waals surface area contributed by atoms with Crippen molar-refractivity contribution >= 4 is 17.9 Å². The number of allylic oxidation sites excluding steroid dienone is 16. The third-order valence-electron chi connectivity index (χ3n) is 12.2. The number of carbonyl (C=O) groups is 3. The molecule has 0 N–H and O–H groups in total. The van der Waals surface area contributed by atoms with Crippen LogP contribution in [-0.4, -0.2) is 37.2 Å². The van der Waals surface area contributed by atoms with E-state index in [0.29, 0.717) is 19.3 Å². The summed E-state index contributed by atoms with van der Waals surface area (Å²) in [4.78, 5) is 38.2. The van der Waals surface area contributed by atoms with Crippen LogP contribution in [0, 0.1) is 0 Å². The molecule has 6 heteroatoms. The maximum absolute atomic E-state index is 12.9. The van der Waals surface area contributed by atoms with Crippen LogP contribution in [0.2, 0.25) is 0 Å². The summed E-state index contributed by atoms with van der Waals surface area (Å²) in [5, 5.41) is 0. The molecule has 1 unspecified atom stereocenters. The van der Waals surface area contributed by atoms with Crippen LogP contribution in [0.3, 0.4) is 0 Å². The van der Waals surface area contributed by atoms with Gasteiger partial charge in [0.05, 0.1) is 0 Å². The van der Waals surface area contributed by atoms with Gasteiger partial charge in [0.25, 0.3) is 0 Å². The summed E-state index contributed by atoms with van der Waals surface area (Å²) < 4.78 is 16.8. The van der Waals surface area contributed by atoms with Crippen molar-refractivity contribution in [1.82, 2.24) is 0 Å². The number of carbonyl (C=O) groups excluding carboxylic acids is 3. The van der Waals surface area contributed by atoms with Crippen LogP contribution in [0.1, 0.15) is 265 Å². The zero-order chi connectivity index (χ0) is 50.0. The molecule has 69 heavy (non-hydrogen) atoms. The standard InChI is InChI=1S/C63H106O6/c1-4-7-10-13-16-19-22-25-28-30-32-35-38-41-44-47-50-53-56-62(65)68-59-60(58-67-61(64)55-52-49-46-43-40-37-34-27-24-21-18-15-12-9-6-3)69-63(66)57-54-51-48-45-42-39-36-33-31-29-26-23-20-17-14-11-8-5-2/h10,13,16,18-19,21-22,24-25,27-28,30,32-33,35-36,60H,4-9,11-12,14-15,17,20,23,26,29,31,34,37-59H2,1-3H3/b13-10-,19-16-,21-18-,25-22-,27-24-,30-28-,35-32-,36-33-. The zero-order valence-electron chi connectivity index (χ0n) is 45.0. The van der Waals surface area contributed by atoms with Crippen molar-refractivity contribution in [3.8, 4) is 0 Å². The Morgan fingerprint density at radius 3 is 0.957 bits per heavy atom. The van der Waals surface area contributed by atoms with Crippen molar-refractivity contribution in [2.75, 3.05) is 13.2 Å². The monoisotopic (exact) mass is 959 g/mol. The van der Waals surface area contributed by atoms with Gasteiger partial charge in [0.1, 0.15) is 13.2 Å². The van der Waals surface area contributed by atoms with Gasteiger partial charge in [0.2, 0.25) is 0 Å². The van der Waals surface area contributed by atoms with Gasteiger partial charge in [0, 0.05) is 19.3 Å². The Hall–Kier alpha value is -3.67. The van der Waals surface area contributed by atoms with Crippen molar-refractivity contribution in [2.45, 2.75) is 271 Å². The van der Waals surface area contributed by atoms with Crippen LogP contribution in [0.25, 0.3) is 0 Å². The van der Waals surface area contributed by atoms with Crippen LogP contribution in [0.5, 0.6) is 0 Å². The van der Waals surface area contributed by atoms with E-state index in [-0.39, 0.29) is 31.1 Å². The molecule has 0 saturated carbocycles. The minimum atomic E-state index is -0.799. The summed E-state index contributed by atoms with van der Waals surface area (Å²) >= 11 is 0. The van der Waals surface area contributed by atoms with E-state index in [4.69, 9.17) is 14.2 Å². The van der Waals surface area contributed by atoms with E-state index >= 15 is 0 Å². The zero-order valence-corrected chi connectivity index (χ0v) is 45.0. The summed E-state index contributed by atoms with van der Waals surface area (Å²) in [6, 6.07) is 0. The Labute approximate surface area is 426 Å². The summed E-state index contributed by atoms with van der Waals surface area (Å²) in [6.45, 7) is 6.49. The minimum Gasteiger partial charge on any atom is -0.462 e. The highest BCUT2D eigenvalue weighted by Gasteiger charge is 2.19. The van der Waals surface area contributed by atoms with Crippen LogP contribution in [-0.2, 0) is 28.6 Å². The molecule has 1 atom stereocenters. The van der Waals surface area contributed by atoms with E-state index in [1.807, 2.05) is 24.3 Å². The van der Waals surface area contributed by atoms with Gasteiger partial charge in [-0.1, -0.05) is 253 Å². The Morgan fingerprint density at radius 1 is 0.290 bits per heavy atom. The van der Waals surface area contributed by atoms with Gasteiger partial charge in [-0.2, -0.15) is 0 Å². The predicted octanol–water partition coefficient (Wildman–Crippen LogP) is 19.3. The number of unbranched alkanes of at least 4 members (excludes halogenated alkanes) is 29. The average molecular weight is 960 g/mol. The Kier molecular flexibility index (Phi) is 53.9. The molecule has 0 aromatic rings. The predicted molar refractivity (Wildman–Crippen MR) is 297 cm³/mol. The van der Waals surface area contributed by atoms with Crippen molar-refractivity contribution in [2.24, 2.45) is 0 Å². The SMILES string of the molecule is CCC\C=C/C=C\C=C/C=C\C=C/CCCCCCCC(=O)OCC(COC(=O)CCCCCCCC/C=C\C=C/CCCCC)OC(=O)CCCCCCC/C=C\CCCCCCCCCCC. The number of hydrogen-bond donors (Lipinski definition) is 0. The molecule has 394 valence electrons. The fourth-order valence-corrected chi connectivity index (χ4v) is 7.81. The van der Waals surface area contributed by atoms with Gasteiger partial charge >= 0.3 is 17.9 Å². The second-order valence-corrected chi connectivity index (χ2v) is 19.0. The van der Waals surface area contributed by atoms with Crippen LogP contribution in [0.15, 0.2) is 97.2 Å². The first-order valence-corrected chi connectivity index (χ1v) is 28.8. The van der Waals surface area contributed by atoms with Crippen LogP contribution < -0.4 is 0 Å². The van der Waals surface area contributed by atoms with Crippen molar-refractivity contribution in [1.29, 1.82) is 0 Å². The van der Waals surface area contributed by atoms with E-state index in [2.05, 4.69) is 93.7 Å². The molecule has 0 amide bonds. The molecule has 0 aromatic carbocycles. The molecule has 0 spiro atoms. The van der Waals surface area contributed by atoms with Gasteiger partial charge in [-0.05, 0) is 89.9 Å². The molecule has 0 saturated heterocycles.